The van der Waals surface area contributed by atoms with E-state index in [2.05, 4.69) is 53.8 Å². The Balaban J connectivity index is 1.63. The number of rotatable bonds is 5. The zero-order valence-corrected chi connectivity index (χ0v) is 16.3. The number of carbonyl (C=O) groups excluding carboxylic acids is 1. The first-order valence-electron chi connectivity index (χ1n) is 9.37. The number of hydrogen-bond acceptors (Lipinski definition) is 4. The summed E-state index contributed by atoms with van der Waals surface area (Å²) in [5.74, 6) is -0.524. The van der Waals surface area contributed by atoms with Gasteiger partial charge in [0.2, 0.25) is 0 Å². The molecular formula is C23H22N4O2. The summed E-state index contributed by atoms with van der Waals surface area (Å²) in [6, 6.07) is 15.9. The van der Waals surface area contributed by atoms with Crippen LogP contribution in [0.25, 0.3) is 16.8 Å². The minimum Gasteiger partial charge on any atom is -0.381 e. The number of nitrogens with zero attached hydrogens (tertiary/aromatic N) is 2. The zero-order valence-electron chi connectivity index (χ0n) is 16.3. The van der Waals surface area contributed by atoms with E-state index in [1.54, 1.807) is 23.8 Å². The SMILES string of the molecule is Cc1ccc(-c2cc(CNc3ccc(C(=O)NO)cc3C)c3nccn3c2)cc1. The first kappa shape index (κ1) is 18.7. The quantitative estimate of drug-likeness (QED) is 0.352. The summed E-state index contributed by atoms with van der Waals surface area (Å²) in [6.45, 7) is 4.59. The molecule has 4 aromatic rings. The summed E-state index contributed by atoms with van der Waals surface area (Å²) in [5.41, 5.74) is 9.39. The number of amides is 1. The Morgan fingerprint density at radius 3 is 2.59 bits per heavy atom. The number of pyridine rings is 1. The standard InChI is InChI=1S/C23H22N4O2/c1-15-3-5-17(6-4-15)20-12-19(22-24-9-10-27(22)14-20)13-25-21-8-7-18(11-16(21)2)23(28)26-29/h3-12,14,25,29H,13H2,1-2H3,(H,26,28). The second kappa shape index (κ2) is 7.77. The normalized spacial score (nSPS) is 10.9. The van der Waals surface area contributed by atoms with Gasteiger partial charge in [0, 0.05) is 41.9 Å². The van der Waals surface area contributed by atoms with Gasteiger partial charge in [-0.3, -0.25) is 10.0 Å². The van der Waals surface area contributed by atoms with E-state index in [4.69, 9.17) is 5.21 Å². The molecule has 6 heteroatoms. The van der Waals surface area contributed by atoms with Crippen LogP contribution in [-0.4, -0.2) is 20.5 Å². The molecule has 2 heterocycles. The number of aryl methyl sites for hydroxylation is 2. The lowest BCUT2D eigenvalue weighted by molar-refractivity contribution is 0.0706. The van der Waals surface area contributed by atoms with Crippen LogP contribution in [-0.2, 0) is 6.54 Å². The van der Waals surface area contributed by atoms with Crippen molar-refractivity contribution in [2.45, 2.75) is 20.4 Å². The molecule has 0 radical (unpaired) electrons. The highest BCUT2D eigenvalue weighted by Gasteiger charge is 2.10. The Morgan fingerprint density at radius 2 is 1.86 bits per heavy atom. The molecule has 0 aliphatic carbocycles. The third kappa shape index (κ3) is 3.83. The number of nitrogens with one attached hydrogen (secondary N) is 2. The van der Waals surface area contributed by atoms with Crippen molar-refractivity contribution in [1.29, 1.82) is 0 Å². The van der Waals surface area contributed by atoms with Gasteiger partial charge in [-0.2, -0.15) is 0 Å². The molecule has 6 nitrogen and oxygen atoms in total. The van der Waals surface area contributed by atoms with Crippen molar-refractivity contribution >= 4 is 17.2 Å². The van der Waals surface area contributed by atoms with Crippen LogP contribution in [0.5, 0.6) is 0 Å². The van der Waals surface area contributed by atoms with Gasteiger partial charge in [0.25, 0.3) is 5.91 Å². The summed E-state index contributed by atoms with van der Waals surface area (Å²) in [5, 5.41) is 12.2. The lowest BCUT2D eigenvalue weighted by Crippen LogP contribution is -2.18. The molecule has 146 valence electrons. The Kier molecular flexibility index (Phi) is 5.01. The number of fused-ring (bicyclic) bond motifs is 1. The van der Waals surface area contributed by atoms with E-state index in [-0.39, 0.29) is 0 Å². The average molecular weight is 386 g/mol. The topological polar surface area (TPSA) is 78.7 Å². The van der Waals surface area contributed by atoms with Crippen molar-refractivity contribution in [2.24, 2.45) is 0 Å². The van der Waals surface area contributed by atoms with Crippen molar-refractivity contribution in [1.82, 2.24) is 14.9 Å². The van der Waals surface area contributed by atoms with Crippen LogP contribution in [0.2, 0.25) is 0 Å². The molecule has 0 fully saturated rings. The lowest BCUT2D eigenvalue weighted by atomic mass is 10.0. The molecule has 0 unspecified atom stereocenters. The van der Waals surface area contributed by atoms with Gasteiger partial charge < -0.3 is 9.72 Å². The molecule has 0 spiro atoms. The number of aromatic nitrogens is 2. The van der Waals surface area contributed by atoms with Crippen LogP contribution in [0.3, 0.4) is 0 Å². The molecule has 2 aromatic carbocycles. The molecule has 0 atom stereocenters. The second-order valence-corrected chi connectivity index (χ2v) is 7.10. The van der Waals surface area contributed by atoms with Crippen LogP contribution in [0, 0.1) is 13.8 Å². The van der Waals surface area contributed by atoms with E-state index in [0.717, 1.165) is 33.6 Å². The average Bonchev–Trinajstić information content (AvgIpc) is 3.21. The van der Waals surface area contributed by atoms with Crippen molar-refractivity contribution in [3.05, 3.63) is 89.4 Å². The molecule has 2 aromatic heterocycles. The zero-order chi connectivity index (χ0) is 20.4. The maximum absolute atomic E-state index is 11.6. The molecule has 29 heavy (non-hydrogen) atoms. The fourth-order valence-corrected chi connectivity index (χ4v) is 3.40. The van der Waals surface area contributed by atoms with Crippen LogP contribution in [0.4, 0.5) is 5.69 Å². The maximum atomic E-state index is 11.6. The van der Waals surface area contributed by atoms with Gasteiger partial charge in [-0.15, -0.1) is 0 Å². The number of imidazole rings is 1. The third-order valence-corrected chi connectivity index (χ3v) is 5.01. The van der Waals surface area contributed by atoms with Gasteiger partial charge in [-0.1, -0.05) is 29.8 Å². The summed E-state index contributed by atoms with van der Waals surface area (Å²) < 4.78 is 2.04. The lowest BCUT2D eigenvalue weighted by Gasteiger charge is -2.13. The smallest absolute Gasteiger partial charge is 0.274 e. The molecule has 0 saturated carbocycles. The predicted molar refractivity (Wildman–Crippen MR) is 113 cm³/mol. The largest absolute Gasteiger partial charge is 0.381 e. The first-order valence-corrected chi connectivity index (χ1v) is 9.37. The van der Waals surface area contributed by atoms with E-state index in [0.29, 0.717) is 12.1 Å². The van der Waals surface area contributed by atoms with Crippen molar-refractivity contribution in [2.75, 3.05) is 5.32 Å². The number of hydroxylamine groups is 1. The highest BCUT2D eigenvalue weighted by molar-refractivity contribution is 5.94. The fraction of sp³-hybridized carbons (Fsp3) is 0.130. The van der Waals surface area contributed by atoms with Crippen LogP contribution in [0.15, 0.2) is 67.1 Å². The molecule has 4 rings (SSSR count). The van der Waals surface area contributed by atoms with Crippen LogP contribution >= 0.6 is 0 Å². The van der Waals surface area contributed by atoms with Gasteiger partial charge in [0.05, 0.1) is 0 Å². The van der Waals surface area contributed by atoms with Gasteiger partial charge in [0.1, 0.15) is 5.65 Å². The summed E-state index contributed by atoms with van der Waals surface area (Å²) in [7, 11) is 0. The highest BCUT2D eigenvalue weighted by atomic mass is 16.5. The van der Waals surface area contributed by atoms with Gasteiger partial charge in [-0.25, -0.2) is 10.5 Å². The number of carbonyl (C=O) groups is 1. The summed E-state index contributed by atoms with van der Waals surface area (Å²) in [6.07, 6.45) is 5.83. The van der Waals surface area contributed by atoms with Crippen molar-refractivity contribution < 1.29 is 10.0 Å². The minimum atomic E-state index is -0.524. The van der Waals surface area contributed by atoms with E-state index in [1.165, 1.54) is 5.56 Å². The predicted octanol–water partition coefficient (Wildman–Crippen LogP) is 4.35. The third-order valence-electron chi connectivity index (χ3n) is 5.01. The molecule has 0 aliphatic rings. The molecule has 0 aliphatic heterocycles. The molecular weight excluding hydrogens is 364 g/mol. The van der Waals surface area contributed by atoms with Crippen molar-refractivity contribution in [3.8, 4) is 11.1 Å². The Bertz CT molecular complexity index is 1180. The molecule has 3 N–H and O–H groups in total. The Labute approximate surface area is 168 Å². The molecule has 0 saturated heterocycles. The van der Waals surface area contributed by atoms with Crippen LogP contribution in [0.1, 0.15) is 27.0 Å². The van der Waals surface area contributed by atoms with Gasteiger partial charge in [-0.05, 0) is 54.8 Å². The Morgan fingerprint density at radius 1 is 1.07 bits per heavy atom. The monoisotopic (exact) mass is 386 g/mol. The number of anilines is 1. The van der Waals surface area contributed by atoms with Crippen LogP contribution < -0.4 is 10.8 Å². The number of hydrogen-bond donors (Lipinski definition) is 3. The second-order valence-electron chi connectivity index (χ2n) is 7.10. The minimum absolute atomic E-state index is 0.410. The van der Waals surface area contributed by atoms with Gasteiger partial charge in [0.15, 0.2) is 0 Å². The highest BCUT2D eigenvalue weighted by Crippen LogP contribution is 2.25. The molecule has 0 bridgehead atoms. The molecule has 1 amide bonds. The number of benzene rings is 2. The fourth-order valence-electron chi connectivity index (χ4n) is 3.40. The Hall–Kier alpha value is -3.64. The van der Waals surface area contributed by atoms with Crippen molar-refractivity contribution in [3.63, 3.8) is 0 Å². The summed E-state index contributed by atoms with van der Waals surface area (Å²) in [4.78, 5) is 16.1. The van der Waals surface area contributed by atoms with E-state index < -0.39 is 5.91 Å². The summed E-state index contributed by atoms with van der Waals surface area (Å²) >= 11 is 0. The maximum Gasteiger partial charge on any atom is 0.274 e. The van der Waals surface area contributed by atoms with E-state index in [9.17, 15) is 4.79 Å². The van der Waals surface area contributed by atoms with E-state index >= 15 is 0 Å². The van der Waals surface area contributed by atoms with E-state index in [1.807, 2.05) is 23.6 Å². The van der Waals surface area contributed by atoms with Gasteiger partial charge >= 0.3 is 0 Å². The first-order chi connectivity index (χ1) is 14.0.